The van der Waals surface area contributed by atoms with Crippen LogP contribution in [0.5, 0.6) is 0 Å². The maximum atomic E-state index is 5.27. The third kappa shape index (κ3) is 5.58. The van der Waals surface area contributed by atoms with Crippen LogP contribution in [0.2, 0.25) is 0 Å². The zero-order valence-electron chi connectivity index (χ0n) is 10.2. The van der Waals surface area contributed by atoms with Gasteiger partial charge in [0.05, 0.1) is 6.10 Å². The van der Waals surface area contributed by atoms with E-state index in [1.54, 1.807) is 14.2 Å². The van der Waals surface area contributed by atoms with Crippen molar-refractivity contribution < 1.29 is 9.47 Å². The SMILES string of the molecule is CNC(CC(C)OC)C(C)CCOC. The monoisotopic (exact) mass is 203 g/mol. The van der Waals surface area contributed by atoms with Crippen LogP contribution in [0.1, 0.15) is 26.7 Å². The molecular formula is C11H25NO2. The standard InChI is InChI=1S/C11H25NO2/c1-9(6-7-13-4)11(12-3)8-10(2)14-5/h9-12H,6-8H2,1-5H3. The van der Waals surface area contributed by atoms with E-state index in [1.807, 2.05) is 7.05 Å². The molecule has 86 valence electrons. The molecule has 0 aliphatic heterocycles. The molecule has 3 heteroatoms. The summed E-state index contributed by atoms with van der Waals surface area (Å²) in [6.07, 6.45) is 2.47. The molecule has 0 aromatic heterocycles. The minimum Gasteiger partial charge on any atom is -0.385 e. The fourth-order valence-corrected chi connectivity index (χ4v) is 1.59. The number of ether oxygens (including phenoxy) is 2. The smallest absolute Gasteiger partial charge is 0.0558 e. The van der Waals surface area contributed by atoms with Gasteiger partial charge in [-0.25, -0.2) is 0 Å². The molecule has 0 aliphatic carbocycles. The van der Waals surface area contributed by atoms with Crippen LogP contribution in [0, 0.1) is 5.92 Å². The summed E-state index contributed by atoms with van der Waals surface area (Å²) in [6, 6.07) is 0.514. The Labute approximate surface area is 88.2 Å². The zero-order valence-corrected chi connectivity index (χ0v) is 10.2. The normalized spacial score (nSPS) is 17.8. The number of hydrogen-bond donors (Lipinski definition) is 1. The molecule has 0 radical (unpaired) electrons. The van der Waals surface area contributed by atoms with Gasteiger partial charge in [0.2, 0.25) is 0 Å². The van der Waals surface area contributed by atoms with Gasteiger partial charge in [-0.1, -0.05) is 6.92 Å². The van der Waals surface area contributed by atoms with E-state index in [1.165, 1.54) is 0 Å². The second kappa shape index (κ2) is 8.21. The summed E-state index contributed by atoms with van der Waals surface area (Å²) in [5.74, 6) is 0.623. The van der Waals surface area contributed by atoms with Crippen LogP contribution >= 0.6 is 0 Å². The van der Waals surface area contributed by atoms with Crippen LogP contribution in [0.3, 0.4) is 0 Å². The van der Waals surface area contributed by atoms with Crippen molar-refractivity contribution in [2.24, 2.45) is 5.92 Å². The molecule has 0 saturated carbocycles. The van der Waals surface area contributed by atoms with Crippen molar-refractivity contribution in [3.05, 3.63) is 0 Å². The van der Waals surface area contributed by atoms with Gasteiger partial charge in [-0.05, 0) is 32.7 Å². The van der Waals surface area contributed by atoms with Crippen molar-refractivity contribution in [2.75, 3.05) is 27.9 Å². The van der Waals surface area contributed by atoms with E-state index in [0.717, 1.165) is 19.4 Å². The molecule has 14 heavy (non-hydrogen) atoms. The Morgan fingerprint density at radius 2 is 1.86 bits per heavy atom. The molecule has 3 nitrogen and oxygen atoms in total. The molecule has 3 unspecified atom stereocenters. The highest BCUT2D eigenvalue weighted by molar-refractivity contribution is 4.74. The molecule has 0 aliphatic rings. The van der Waals surface area contributed by atoms with Gasteiger partial charge in [-0.15, -0.1) is 0 Å². The van der Waals surface area contributed by atoms with Crippen molar-refractivity contribution in [3.63, 3.8) is 0 Å². The van der Waals surface area contributed by atoms with Crippen LogP contribution in [0.25, 0.3) is 0 Å². The Hall–Kier alpha value is -0.120. The Morgan fingerprint density at radius 3 is 2.29 bits per heavy atom. The first-order valence-electron chi connectivity index (χ1n) is 5.34. The van der Waals surface area contributed by atoms with E-state index < -0.39 is 0 Å². The molecular weight excluding hydrogens is 178 g/mol. The minimum atomic E-state index is 0.317. The molecule has 1 N–H and O–H groups in total. The first-order chi connectivity index (χ1) is 6.65. The van der Waals surface area contributed by atoms with E-state index in [9.17, 15) is 0 Å². The van der Waals surface area contributed by atoms with E-state index in [4.69, 9.17) is 9.47 Å². The van der Waals surface area contributed by atoms with Crippen molar-refractivity contribution >= 4 is 0 Å². The fourth-order valence-electron chi connectivity index (χ4n) is 1.59. The molecule has 3 atom stereocenters. The summed E-state index contributed by atoms with van der Waals surface area (Å²) < 4.78 is 10.3. The van der Waals surface area contributed by atoms with Gasteiger partial charge >= 0.3 is 0 Å². The minimum absolute atomic E-state index is 0.317. The first kappa shape index (κ1) is 13.9. The van der Waals surface area contributed by atoms with Crippen LogP contribution in [0.15, 0.2) is 0 Å². The number of hydrogen-bond acceptors (Lipinski definition) is 3. The lowest BCUT2D eigenvalue weighted by atomic mass is 9.94. The second-order valence-corrected chi connectivity index (χ2v) is 3.94. The van der Waals surface area contributed by atoms with Crippen molar-refractivity contribution in [3.8, 4) is 0 Å². The highest BCUT2D eigenvalue weighted by Crippen LogP contribution is 2.14. The number of rotatable bonds is 8. The summed E-state index contributed by atoms with van der Waals surface area (Å²) in [5.41, 5.74) is 0. The number of nitrogens with one attached hydrogen (secondary N) is 1. The second-order valence-electron chi connectivity index (χ2n) is 3.94. The van der Waals surface area contributed by atoms with Gasteiger partial charge in [-0.3, -0.25) is 0 Å². The van der Waals surface area contributed by atoms with Gasteiger partial charge in [0, 0.05) is 26.9 Å². The molecule has 0 saturated heterocycles. The zero-order chi connectivity index (χ0) is 11.0. The molecule has 0 aromatic rings. The molecule has 0 bridgehead atoms. The third-order valence-electron chi connectivity index (χ3n) is 2.82. The predicted octanol–water partition coefficient (Wildman–Crippen LogP) is 1.67. The van der Waals surface area contributed by atoms with E-state index in [0.29, 0.717) is 18.1 Å². The fraction of sp³-hybridized carbons (Fsp3) is 1.00. The van der Waals surface area contributed by atoms with Crippen molar-refractivity contribution in [2.45, 2.75) is 38.8 Å². The molecule has 0 aromatic carbocycles. The predicted molar refractivity (Wildman–Crippen MR) is 59.6 cm³/mol. The maximum Gasteiger partial charge on any atom is 0.0558 e. The Bertz CT molecular complexity index is 130. The molecule has 0 spiro atoms. The van der Waals surface area contributed by atoms with Crippen LogP contribution < -0.4 is 5.32 Å². The van der Waals surface area contributed by atoms with Gasteiger partial charge in [0.1, 0.15) is 0 Å². The average molecular weight is 203 g/mol. The Morgan fingerprint density at radius 1 is 1.21 bits per heavy atom. The van der Waals surface area contributed by atoms with E-state index in [2.05, 4.69) is 19.2 Å². The highest BCUT2D eigenvalue weighted by atomic mass is 16.5. The number of methoxy groups -OCH3 is 2. The Balaban J connectivity index is 3.85. The van der Waals surface area contributed by atoms with Crippen molar-refractivity contribution in [1.82, 2.24) is 5.32 Å². The maximum absolute atomic E-state index is 5.27. The third-order valence-corrected chi connectivity index (χ3v) is 2.82. The van der Waals surface area contributed by atoms with Crippen LogP contribution in [-0.2, 0) is 9.47 Å². The van der Waals surface area contributed by atoms with Crippen LogP contribution in [-0.4, -0.2) is 40.0 Å². The summed E-state index contributed by atoms with van der Waals surface area (Å²) in [4.78, 5) is 0. The summed E-state index contributed by atoms with van der Waals surface area (Å²) in [5, 5.41) is 3.34. The van der Waals surface area contributed by atoms with Gasteiger partial charge < -0.3 is 14.8 Å². The quantitative estimate of drug-likeness (QED) is 0.651. The first-order valence-corrected chi connectivity index (χ1v) is 5.34. The van der Waals surface area contributed by atoms with E-state index in [-0.39, 0.29) is 0 Å². The van der Waals surface area contributed by atoms with Crippen LogP contribution in [0.4, 0.5) is 0 Å². The van der Waals surface area contributed by atoms with Crippen molar-refractivity contribution in [1.29, 1.82) is 0 Å². The Kier molecular flexibility index (Phi) is 8.14. The lowest BCUT2D eigenvalue weighted by Gasteiger charge is -2.25. The topological polar surface area (TPSA) is 30.5 Å². The molecule has 0 amide bonds. The van der Waals surface area contributed by atoms with Gasteiger partial charge in [-0.2, -0.15) is 0 Å². The van der Waals surface area contributed by atoms with Gasteiger partial charge in [0.15, 0.2) is 0 Å². The largest absolute Gasteiger partial charge is 0.385 e. The van der Waals surface area contributed by atoms with Gasteiger partial charge in [0.25, 0.3) is 0 Å². The molecule has 0 fully saturated rings. The molecule has 0 rings (SSSR count). The summed E-state index contributed by atoms with van der Waals surface area (Å²) in [6.45, 7) is 5.19. The lowest BCUT2D eigenvalue weighted by Crippen LogP contribution is -2.35. The summed E-state index contributed by atoms with van der Waals surface area (Å²) >= 11 is 0. The summed E-state index contributed by atoms with van der Waals surface area (Å²) in [7, 11) is 5.52. The molecule has 0 heterocycles. The lowest BCUT2D eigenvalue weighted by molar-refractivity contribution is 0.0895. The average Bonchev–Trinajstić information content (AvgIpc) is 2.21. The highest BCUT2D eigenvalue weighted by Gasteiger charge is 2.17. The van der Waals surface area contributed by atoms with E-state index >= 15 is 0 Å².